The zero-order valence-corrected chi connectivity index (χ0v) is 17.9. The number of anilines is 1. The molecule has 27 heavy (non-hydrogen) atoms. The zero-order chi connectivity index (χ0) is 19.4. The summed E-state index contributed by atoms with van der Waals surface area (Å²) in [5.41, 5.74) is 1.80. The highest BCUT2D eigenvalue weighted by atomic mass is 35.5. The molecule has 5 nitrogen and oxygen atoms in total. The molecule has 2 atom stereocenters. The molecule has 3 aromatic rings. The Kier molecular flexibility index (Phi) is 6.92. The number of thiazole rings is 1. The van der Waals surface area contributed by atoms with Crippen molar-refractivity contribution < 1.29 is 5.11 Å². The second-order valence-corrected chi connectivity index (χ2v) is 9.69. The number of rotatable bonds is 8. The molecule has 0 bridgehead atoms. The van der Waals surface area contributed by atoms with Gasteiger partial charge in [-0.05, 0) is 24.8 Å². The third-order valence-corrected chi connectivity index (χ3v) is 6.25. The molecular formula is C19H23ClN4OS2. The van der Waals surface area contributed by atoms with Crippen LogP contribution in [0, 0.1) is 5.92 Å². The van der Waals surface area contributed by atoms with Gasteiger partial charge in [0.05, 0.1) is 12.6 Å². The molecule has 0 fully saturated rings. The summed E-state index contributed by atoms with van der Waals surface area (Å²) in [6.07, 6.45) is 0.845. The van der Waals surface area contributed by atoms with E-state index in [1.54, 1.807) is 11.8 Å². The van der Waals surface area contributed by atoms with Crippen molar-refractivity contribution in [1.29, 1.82) is 0 Å². The number of hydrogen-bond acceptors (Lipinski definition) is 7. The van der Waals surface area contributed by atoms with E-state index >= 15 is 0 Å². The van der Waals surface area contributed by atoms with Gasteiger partial charge >= 0.3 is 0 Å². The Labute approximate surface area is 172 Å². The maximum absolute atomic E-state index is 9.73. The normalized spacial score (nSPS) is 13.9. The van der Waals surface area contributed by atoms with Gasteiger partial charge in [-0.3, -0.25) is 0 Å². The molecule has 0 spiro atoms. The van der Waals surface area contributed by atoms with E-state index in [1.807, 2.05) is 18.2 Å². The van der Waals surface area contributed by atoms with Gasteiger partial charge in [0.15, 0.2) is 21.1 Å². The fourth-order valence-electron chi connectivity index (χ4n) is 2.82. The molecule has 0 unspecified atom stereocenters. The van der Waals surface area contributed by atoms with Crippen molar-refractivity contribution in [2.45, 2.75) is 43.6 Å². The molecule has 0 aliphatic rings. The van der Waals surface area contributed by atoms with Crippen LogP contribution in [0.25, 0.3) is 10.3 Å². The van der Waals surface area contributed by atoms with E-state index in [-0.39, 0.29) is 17.9 Å². The predicted molar refractivity (Wildman–Crippen MR) is 115 cm³/mol. The van der Waals surface area contributed by atoms with Crippen LogP contribution in [0.2, 0.25) is 4.47 Å². The van der Waals surface area contributed by atoms with Gasteiger partial charge in [0.2, 0.25) is 0 Å². The Bertz CT molecular complexity index is 888. The Hall–Kier alpha value is -1.41. The summed E-state index contributed by atoms with van der Waals surface area (Å²) in [5, 5.41) is 13.9. The summed E-state index contributed by atoms with van der Waals surface area (Å²) in [6, 6.07) is 10.2. The number of hydrogen-bond donors (Lipinski definition) is 2. The Morgan fingerprint density at radius 3 is 2.56 bits per heavy atom. The van der Waals surface area contributed by atoms with Gasteiger partial charge in [0.25, 0.3) is 0 Å². The second kappa shape index (κ2) is 9.19. The smallest absolute Gasteiger partial charge is 0.192 e. The third-order valence-electron chi connectivity index (χ3n) is 4.08. The van der Waals surface area contributed by atoms with E-state index in [1.165, 1.54) is 16.9 Å². The van der Waals surface area contributed by atoms with E-state index in [4.69, 9.17) is 16.6 Å². The van der Waals surface area contributed by atoms with Crippen LogP contribution < -0.4 is 5.32 Å². The van der Waals surface area contributed by atoms with Crippen LogP contribution in [-0.4, -0.2) is 32.7 Å². The van der Waals surface area contributed by atoms with Crippen LogP contribution >= 0.6 is 34.7 Å². The van der Waals surface area contributed by atoms with Crippen LogP contribution in [0.15, 0.2) is 35.5 Å². The lowest BCUT2D eigenvalue weighted by atomic mass is 10.0. The first-order chi connectivity index (χ1) is 13.0. The molecule has 0 radical (unpaired) electrons. The van der Waals surface area contributed by atoms with Gasteiger partial charge in [-0.25, -0.2) is 15.0 Å². The van der Waals surface area contributed by atoms with E-state index in [0.29, 0.717) is 27.0 Å². The number of thioether (sulfide) groups is 1. The summed E-state index contributed by atoms with van der Waals surface area (Å²) in [6.45, 7) is 6.43. The van der Waals surface area contributed by atoms with Crippen LogP contribution in [0.4, 0.5) is 5.82 Å². The Morgan fingerprint density at radius 2 is 1.89 bits per heavy atom. The van der Waals surface area contributed by atoms with E-state index in [9.17, 15) is 5.11 Å². The highest BCUT2D eigenvalue weighted by Gasteiger charge is 2.18. The molecule has 0 saturated heterocycles. The molecule has 1 aromatic carbocycles. The largest absolute Gasteiger partial charge is 0.394 e. The molecule has 144 valence electrons. The van der Waals surface area contributed by atoms with Gasteiger partial charge < -0.3 is 10.4 Å². The zero-order valence-electron chi connectivity index (χ0n) is 15.5. The standard InChI is InChI=1S/C19H23ClN4OS2/c1-11(2)9-14(10-25)21-16-15-17(22-18(20)27-15)24-19(23-16)26-12(3)13-7-5-4-6-8-13/h4-8,11-12,14,25H,9-10H2,1-3H3,(H,21,23,24)/t12-,14-/m1/s1. The van der Waals surface area contributed by atoms with Crippen molar-refractivity contribution in [3.8, 4) is 0 Å². The number of nitrogens with zero attached hydrogens (tertiary/aromatic N) is 3. The Balaban J connectivity index is 1.90. The molecule has 0 aliphatic heterocycles. The Morgan fingerprint density at radius 1 is 1.15 bits per heavy atom. The lowest BCUT2D eigenvalue weighted by Crippen LogP contribution is -2.26. The van der Waals surface area contributed by atoms with Crippen LogP contribution in [0.1, 0.15) is 38.0 Å². The SMILES string of the molecule is CC(C)C[C@H](CO)Nc1nc(S[C@H](C)c2ccccc2)nc2nc(Cl)sc12. The van der Waals surface area contributed by atoms with Gasteiger partial charge in [-0.1, -0.05) is 78.9 Å². The number of aromatic nitrogens is 3. The minimum atomic E-state index is -0.0756. The summed E-state index contributed by atoms with van der Waals surface area (Å²) >= 11 is 9.05. The minimum absolute atomic E-state index is 0.0408. The average Bonchev–Trinajstić information content (AvgIpc) is 3.02. The predicted octanol–water partition coefficient (Wildman–Crippen LogP) is 5.41. The average molecular weight is 423 g/mol. The second-order valence-electron chi connectivity index (χ2n) is 6.80. The molecule has 0 saturated carbocycles. The number of nitrogens with one attached hydrogen (secondary N) is 1. The minimum Gasteiger partial charge on any atom is -0.394 e. The molecular weight excluding hydrogens is 400 g/mol. The van der Waals surface area contributed by atoms with Crippen molar-refractivity contribution in [1.82, 2.24) is 15.0 Å². The molecule has 8 heteroatoms. The van der Waals surface area contributed by atoms with Gasteiger partial charge in [-0.2, -0.15) is 0 Å². The highest BCUT2D eigenvalue weighted by Crippen LogP contribution is 2.37. The summed E-state index contributed by atoms with van der Waals surface area (Å²) in [5.74, 6) is 1.15. The van der Waals surface area contributed by atoms with Crippen molar-refractivity contribution in [3.05, 3.63) is 40.4 Å². The number of fused-ring (bicyclic) bond motifs is 1. The van der Waals surface area contributed by atoms with E-state index in [2.05, 4.69) is 48.2 Å². The van der Waals surface area contributed by atoms with Gasteiger partial charge in [0, 0.05) is 5.25 Å². The monoisotopic (exact) mass is 422 g/mol. The first kappa shape index (κ1) is 20.3. The fraction of sp³-hybridized carbons (Fsp3) is 0.421. The van der Waals surface area contributed by atoms with Crippen LogP contribution in [-0.2, 0) is 0 Å². The molecule has 2 aromatic heterocycles. The maximum atomic E-state index is 9.73. The van der Waals surface area contributed by atoms with Crippen molar-refractivity contribution in [2.75, 3.05) is 11.9 Å². The fourth-order valence-corrected chi connectivity index (χ4v) is 4.71. The highest BCUT2D eigenvalue weighted by molar-refractivity contribution is 7.99. The summed E-state index contributed by atoms with van der Waals surface area (Å²) < 4.78 is 1.25. The first-order valence-corrected chi connectivity index (χ1v) is 11.0. The van der Waals surface area contributed by atoms with Crippen LogP contribution in [0.5, 0.6) is 0 Å². The van der Waals surface area contributed by atoms with Crippen LogP contribution in [0.3, 0.4) is 0 Å². The topological polar surface area (TPSA) is 70.9 Å². The lowest BCUT2D eigenvalue weighted by molar-refractivity contribution is 0.259. The molecule has 3 rings (SSSR count). The quantitative estimate of drug-likeness (QED) is 0.373. The molecule has 2 heterocycles. The van der Waals surface area contributed by atoms with E-state index in [0.717, 1.165) is 11.1 Å². The van der Waals surface area contributed by atoms with Crippen molar-refractivity contribution >= 4 is 50.9 Å². The maximum Gasteiger partial charge on any atom is 0.192 e. The number of benzene rings is 1. The van der Waals surface area contributed by atoms with E-state index < -0.39 is 0 Å². The number of aliphatic hydroxyl groups is 1. The molecule has 0 aliphatic carbocycles. The van der Waals surface area contributed by atoms with Gasteiger partial charge in [0.1, 0.15) is 4.70 Å². The van der Waals surface area contributed by atoms with Crippen molar-refractivity contribution in [3.63, 3.8) is 0 Å². The first-order valence-electron chi connectivity index (χ1n) is 8.89. The molecule has 0 amide bonds. The molecule has 2 N–H and O–H groups in total. The summed E-state index contributed by atoms with van der Waals surface area (Å²) in [7, 11) is 0. The number of halogens is 1. The van der Waals surface area contributed by atoms with Gasteiger partial charge in [-0.15, -0.1) is 0 Å². The third kappa shape index (κ3) is 5.31. The van der Waals surface area contributed by atoms with Crippen molar-refractivity contribution in [2.24, 2.45) is 5.92 Å². The lowest BCUT2D eigenvalue weighted by Gasteiger charge is -2.19. The number of aliphatic hydroxyl groups excluding tert-OH is 1. The summed E-state index contributed by atoms with van der Waals surface area (Å²) in [4.78, 5) is 13.6.